The largest absolute Gasteiger partial charge is 0.311 e. The van der Waals surface area contributed by atoms with E-state index in [1.165, 1.54) is 11.1 Å². The molecule has 2 aromatic rings. The third-order valence-corrected chi connectivity index (χ3v) is 3.75. The maximum absolute atomic E-state index is 12.2. The van der Waals surface area contributed by atoms with E-state index in [1.807, 2.05) is 37.3 Å². The van der Waals surface area contributed by atoms with Crippen molar-refractivity contribution in [2.45, 2.75) is 20.3 Å². The molecular weight excluding hydrogens is 282 g/mol. The second-order valence-electron chi connectivity index (χ2n) is 5.20. The number of hydrogen-bond acceptors (Lipinski definition) is 1. The number of rotatable bonds is 5. The molecule has 0 N–H and O–H groups in total. The van der Waals surface area contributed by atoms with E-state index in [-0.39, 0.29) is 11.8 Å². The normalized spacial score (nSPS) is 10.4. The van der Waals surface area contributed by atoms with E-state index < -0.39 is 0 Å². The zero-order valence-corrected chi connectivity index (χ0v) is 13.2. The van der Waals surface area contributed by atoms with E-state index in [9.17, 15) is 4.79 Å². The lowest BCUT2D eigenvalue weighted by Crippen LogP contribution is -2.34. The molecule has 0 aliphatic carbocycles. The fourth-order valence-corrected chi connectivity index (χ4v) is 2.59. The highest BCUT2D eigenvalue weighted by Crippen LogP contribution is 2.22. The van der Waals surface area contributed by atoms with Gasteiger partial charge in [-0.05, 0) is 37.5 Å². The number of amides is 1. The second-order valence-corrected chi connectivity index (χ2v) is 5.47. The van der Waals surface area contributed by atoms with E-state index in [0.29, 0.717) is 6.54 Å². The van der Waals surface area contributed by atoms with Crippen molar-refractivity contribution >= 4 is 23.2 Å². The van der Waals surface area contributed by atoms with Crippen molar-refractivity contribution < 1.29 is 4.79 Å². The molecule has 0 radical (unpaired) electrons. The van der Waals surface area contributed by atoms with Gasteiger partial charge in [-0.2, -0.15) is 0 Å². The van der Waals surface area contributed by atoms with Crippen LogP contribution in [-0.2, 0) is 11.2 Å². The Labute approximate surface area is 131 Å². The standard InChI is InChI=1S/C18H20ClNO/c1-14-8-9-17(15(2)12-14)20(18(21)13-19)11-10-16-6-4-3-5-7-16/h3-9,12H,10-11,13H2,1-2H3. The van der Waals surface area contributed by atoms with Gasteiger partial charge in [-0.15, -0.1) is 11.6 Å². The van der Waals surface area contributed by atoms with Gasteiger partial charge in [-0.25, -0.2) is 0 Å². The van der Waals surface area contributed by atoms with Crippen molar-refractivity contribution in [1.29, 1.82) is 0 Å². The molecule has 0 unspecified atom stereocenters. The smallest absolute Gasteiger partial charge is 0.241 e. The summed E-state index contributed by atoms with van der Waals surface area (Å²) in [5.74, 6) is -0.0539. The first-order valence-corrected chi connectivity index (χ1v) is 7.63. The molecule has 0 fully saturated rings. The summed E-state index contributed by atoms with van der Waals surface area (Å²) >= 11 is 5.77. The zero-order valence-electron chi connectivity index (χ0n) is 12.5. The van der Waals surface area contributed by atoms with Crippen LogP contribution in [0.15, 0.2) is 48.5 Å². The van der Waals surface area contributed by atoms with Crippen molar-refractivity contribution in [3.05, 3.63) is 65.2 Å². The van der Waals surface area contributed by atoms with Gasteiger partial charge in [0.1, 0.15) is 5.88 Å². The highest BCUT2D eigenvalue weighted by Gasteiger charge is 2.16. The van der Waals surface area contributed by atoms with Gasteiger partial charge in [0, 0.05) is 12.2 Å². The molecule has 2 nitrogen and oxygen atoms in total. The number of alkyl halides is 1. The predicted molar refractivity (Wildman–Crippen MR) is 89.1 cm³/mol. The van der Waals surface area contributed by atoms with Crippen LogP contribution in [0.25, 0.3) is 0 Å². The Morgan fingerprint density at radius 3 is 2.43 bits per heavy atom. The Morgan fingerprint density at radius 2 is 1.81 bits per heavy atom. The first-order valence-electron chi connectivity index (χ1n) is 7.09. The summed E-state index contributed by atoms with van der Waals surface area (Å²) in [4.78, 5) is 14.0. The van der Waals surface area contributed by atoms with Crippen LogP contribution in [0.2, 0.25) is 0 Å². The van der Waals surface area contributed by atoms with Crippen LogP contribution in [0.4, 0.5) is 5.69 Å². The van der Waals surface area contributed by atoms with Gasteiger partial charge in [0.2, 0.25) is 5.91 Å². The highest BCUT2D eigenvalue weighted by atomic mass is 35.5. The molecule has 0 aliphatic heterocycles. The minimum atomic E-state index is -0.0560. The summed E-state index contributed by atoms with van der Waals surface area (Å²) in [6.07, 6.45) is 0.816. The Balaban J connectivity index is 2.20. The molecule has 21 heavy (non-hydrogen) atoms. The topological polar surface area (TPSA) is 20.3 Å². The number of carbonyl (C=O) groups excluding carboxylic acids is 1. The summed E-state index contributed by atoms with van der Waals surface area (Å²) in [7, 11) is 0. The molecule has 3 heteroatoms. The van der Waals surface area contributed by atoms with Crippen molar-refractivity contribution in [1.82, 2.24) is 0 Å². The van der Waals surface area contributed by atoms with Crippen molar-refractivity contribution in [2.24, 2.45) is 0 Å². The third-order valence-electron chi connectivity index (χ3n) is 3.53. The summed E-state index contributed by atoms with van der Waals surface area (Å²) < 4.78 is 0. The zero-order chi connectivity index (χ0) is 15.2. The van der Waals surface area contributed by atoms with Crippen LogP contribution in [0, 0.1) is 13.8 Å². The molecule has 0 atom stereocenters. The molecule has 0 aliphatic rings. The Hall–Kier alpha value is -1.80. The summed E-state index contributed by atoms with van der Waals surface area (Å²) in [5, 5.41) is 0. The molecule has 2 aromatic carbocycles. The number of anilines is 1. The third kappa shape index (κ3) is 4.08. The van der Waals surface area contributed by atoms with Crippen LogP contribution in [-0.4, -0.2) is 18.3 Å². The van der Waals surface area contributed by atoms with E-state index in [0.717, 1.165) is 17.7 Å². The average molecular weight is 302 g/mol. The molecule has 0 bridgehead atoms. The monoisotopic (exact) mass is 301 g/mol. The van der Waals surface area contributed by atoms with E-state index in [4.69, 9.17) is 11.6 Å². The lowest BCUT2D eigenvalue weighted by atomic mass is 10.1. The number of hydrogen-bond donors (Lipinski definition) is 0. The molecule has 0 spiro atoms. The quantitative estimate of drug-likeness (QED) is 0.761. The first kappa shape index (κ1) is 15.6. The minimum Gasteiger partial charge on any atom is -0.311 e. The maximum Gasteiger partial charge on any atom is 0.241 e. The van der Waals surface area contributed by atoms with Crippen LogP contribution >= 0.6 is 11.6 Å². The Bertz CT molecular complexity index is 610. The van der Waals surface area contributed by atoms with Crippen LogP contribution in [0.5, 0.6) is 0 Å². The fourth-order valence-electron chi connectivity index (χ4n) is 2.45. The summed E-state index contributed by atoms with van der Waals surface area (Å²) in [6.45, 7) is 4.72. The van der Waals surface area contributed by atoms with Gasteiger partial charge >= 0.3 is 0 Å². The molecule has 1 amide bonds. The van der Waals surface area contributed by atoms with E-state index in [1.54, 1.807) is 4.90 Å². The van der Waals surface area contributed by atoms with Gasteiger partial charge in [0.05, 0.1) is 0 Å². The Kier molecular flexibility index (Phi) is 5.40. The molecule has 0 heterocycles. The van der Waals surface area contributed by atoms with Crippen molar-refractivity contribution in [3.8, 4) is 0 Å². The number of aryl methyl sites for hydroxylation is 2. The maximum atomic E-state index is 12.2. The van der Waals surface area contributed by atoms with E-state index >= 15 is 0 Å². The SMILES string of the molecule is Cc1ccc(N(CCc2ccccc2)C(=O)CCl)c(C)c1. The molecule has 0 saturated heterocycles. The summed E-state index contributed by atoms with van der Waals surface area (Å²) in [6, 6.07) is 16.3. The Morgan fingerprint density at radius 1 is 1.10 bits per heavy atom. The van der Waals surface area contributed by atoms with Gasteiger partial charge in [-0.3, -0.25) is 4.79 Å². The number of halogens is 1. The van der Waals surface area contributed by atoms with Gasteiger partial charge < -0.3 is 4.90 Å². The predicted octanol–water partition coefficient (Wildman–Crippen LogP) is 4.12. The van der Waals surface area contributed by atoms with E-state index in [2.05, 4.69) is 25.1 Å². The number of nitrogens with zero attached hydrogens (tertiary/aromatic N) is 1. The minimum absolute atomic E-state index is 0.00209. The van der Waals surface area contributed by atoms with Crippen LogP contribution in [0.1, 0.15) is 16.7 Å². The lowest BCUT2D eigenvalue weighted by Gasteiger charge is -2.24. The van der Waals surface area contributed by atoms with Crippen molar-refractivity contribution in [3.63, 3.8) is 0 Å². The molecule has 0 saturated carbocycles. The molecule has 2 rings (SSSR count). The van der Waals surface area contributed by atoms with Crippen LogP contribution in [0.3, 0.4) is 0 Å². The highest BCUT2D eigenvalue weighted by molar-refractivity contribution is 6.29. The van der Waals surface area contributed by atoms with Crippen molar-refractivity contribution in [2.75, 3.05) is 17.3 Å². The molecule has 110 valence electrons. The lowest BCUT2D eigenvalue weighted by molar-refractivity contribution is -0.116. The first-order chi connectivity index (χ1) is 10.1. The summed E-state index contributed by atoms with van der Waals surface area (Å²) in [5.41, 5.74) is 4.45. The van der Waals surface area contributed by atoms with Crippen LogP contribution < -0.4 is 4.90 Å². The van der Waals surface area contributed by atoms with Gasteiger partial charge in [0.25, 0.3) is 0 Å². The number of carbonyl (C=O) groups is 1. The number of benzene rings is 2. The fraction of sp³-hybridized carbons (Fsp3) is 0.278. The second kappa shape index (κ2) is 7.28. The average Bonchev–Trinajstić information content (AvgIpc) is 2.50. The van der Waals surface area contributed by atoms with Gasteiger partial charge in [-0.1, -0.05) is 48.0 Å². The molecular formula is C18H20ClNO. The van der Waals surface area contributed by atoms with Gasteiger partial charge in [0.15, 0.2) is 0 Å². The molecule has 0 aromatic heterocycles.